The van der Waals surface area contributed by atoms with Crippen LogP contribution in [0.2, 0.25) is 0 Å². The minimum Gasteiger partial charge on any atom is -0.493 e. The van der Waals surface area contributed by atoms with Crippen molar-refractivity contribution >= 4 is 15.8 Å². The Kier molecular flexibility index (Phi) is 6.20. The zero-order valence-corrected chi connectivity index (χ0v) is 15.2. The molecule has 0 atom stereocenters. The molecule has 1 N–H and O–H groups in total. The monoisotopic (exact) mass is 362 g/mol. The molecule has 0 aliphatic heterocycles. The lowest BCUT2D eigenvalue weighted by Crippen LogP contribution is -2.09. The first-order chi connectivity index (χ1) is 11.7. The summed E-state index contributed by atoms with van der Waals surface area (Å²) in [5.41, 5.74) is 3.11. The molecule has 25 heavy (non-hydrogen) atoms. The molecule has 0 heterocycles. The standard InChI is InChI=1S/C19H22O5S/c1-14-4-3-5-15(12-14)8-10-24-18-13-17(19(20)21)7-6-16(18)9-11-25(2,22)23/h3-7,12-13H,8-11H2,1-2H3,(H,20,21). The highest BCUT2D eigenvalue weighted by Gasteiger charge is 2.12. The molecular weight excluding hydrogens is 340 g/mol. The van der Waals surface area contributed by atoms with E-state index in [0.29, 0.717) is 30.8 Å². The molecule has 0 aromatic heterocycles. The summed E-state index contributed by atoms with van der Waals surface area (Å²) in [6.45, 7) is 2.41. The van der Waals surface area contributed by atoms with E-state index in [1.807, 2.05) is 25.1 Å². The fourth-order valence-corrected chi connectivity index (χ4v) is 3.06. The van der Waals surface area contributed by atoms with E-state index < -0.39 is 15.8 Å². The average molecular weight is 362 g/mol. The molecule has 0 unspecified atom stereocenters. The van der Waals surface area contributed by atoms with Crippen molar-refractivity contribution in [3.63, 3.8) is 0 Å². The van der Waals surface area contributed by atoms with Crippen LogP contribution in [0.4, 0.5) is 0 Å². The fraction of sp³-hybridized carbons (Fsp3) is 0.316. The molecular formula is C19H22O5S. The van der Waals surface area contributed by atoms with Crippen LogP contribution in [0.1, 0.15) is 27.0 Å². The smallest absolute Gasteiger partial charge is 0.335 e. The highest BCUT2D eigenvalue weighted by atomic mass is 32.2. The Labute approximate surface area is 148 Å². The molecule has 2 rings (SSSR count). The average Bonchev–Trinajstić information content (AvgIpc) is 2.52. The van der Waals surface area contributed by atoms with Gasteiger partial charge in [0.2, 0.25) is 0 Å². The van der Waals surface area contributed by atoms with Crippen LogP contribution in [0.25, 0.3) is 0 Å². The van der Waals surface area contributed by atoms with Gasteiger partial charge in [0, 0.05) is 12.7 Å². The summed E-state index contributed by atoms with van der Waals surface area (Å²) < 4.78 is 28.6. The van der Waals surface area contributed by atoms with Gasteiger partial charge in [0.1, 0.15) is 15.6 Å². The highest BCUT2D eigenvalue weighted by molar-refractivity contribution is 7.90. The maximum absolute atomic E-state index is 11.4. The molecule has 0 radical (unpaired) electrons. The molecule has 6 heteroatoms. The second-order valence-corrected chi connectivity index (χ2v) is 8.35. The van der Waals surface area contributed by atoms with Gasteiger partial charge in [-0.2, -0.15) is 0 Å². The molecule has 2 aromatic rings. The Balaban J connectivity index is 2.12. The third-order valence-electron chi connectivity index (χ3n) is 3.79. The van der Waals surface area contributed by atoms with Gasteiger partial charge in [0.15, 0.2) is 0 Å². The van der Waals surface area contributed by atoms with Gasteiger partial charge in [0.05, 0.1) is 17.9 Å². The van der Waals surface area contributed by atoms with Gasteiger partial charge in [0.25, 0.3) is 0 Å². The van der Waals surface area contributed by atoms with E-state index in [1.165, 1.54) is 24.0 Å². The van der Waals surface area contributed by atoms with Crippen molar-refractivity contribution in [2.75, 3.05) is 18.6 Å². The summed E-state index contributed by atoms with van der Waals surface area (Å²) in [7, 11) is -3.11. The zero-order chi connectivity index (χ0) is 18.4. The number of hydrogen-bond donors (Lipinski definition) is 1. The minimum absolute atomic E-state index is 0.00629. The number of sulfone groups is 1. The number of benzene rings is 2. The van der Waals surface area contributed by atoms with E-state index in [9.17, 15) is 13.2 Å². The van der Waals surface area contributed by atoms with Crippen LogP contribution in [-0.2, 0) is 22.7 Å². The predicted molar refractivity (Wildman–Crippen MR) is 97.2 cm³/mol. The van der Waals surface area contributed by atoms with Gasteiger partial charge >= 0.3 is 5.97 Å². The summed E-state index contributed by atoms with van der Waals surface area (Å²) in [5.74, 6) is -0.623. The van der Waals surface area contributed by atoms with Crippen molar-refractivity contribution in [3.8, 4) is 5.75 Å². The minimum atomic E-state index is -3.11. The molecule has 0 amide bonds. The number of aromatic carboxylic acids is 1. The number of rotatable bonds is 8. The third kappa shape index (κ3) is 6.23. The Morgan fingerprint density at radius 2 is 1.88 bits per heavy atom. The van der Waals surface area contributed by atoms with Gasteiger partial charge in [-0.25, -0.2) is 13.2 Å². The van der Waals surface area contributed by atoms with Crippen molar-refractivity contribution in [2.45, 2.75) is 19.8 Å². The maximum atomic E-state index is 11.4. The Hall–Kier alpha value is -2.34. The van der Waals surface area contributed by atoms with E-state index in [-0.39, 0.29) is 11.3 Å². The normalized spacial score (nSPS) is 11.3. The Morgan fingerprint density at radius 1 is 1.12 bits per heavy atom. The van der Waals surface area contributed by atoms with Crippen LogP contribution in [0, 0.1) is 6.92 Å². The topological polar surface area (TPSA) is 80.7 Å². The molecule has 0 spiro atoms. The molecule has 134 valence electrons. The van der Waals surface area contributed by atoms with E-state index in [0.717, 1.165) is 5.56 Å². The van der Waals surface area contributed by atoms with E-state index in [1.54, 1.807) is 6.07 Å². The summed E-state index contributed by atoms with van der Waals surface area (Å²) in [6, 6.07) is 12.6. The fourth-order valence-electron chi connectivity index (χ4n) is 2.47. The Bertz CT molecular complexity index is 856. The van der Waals surface area contributed by atoms with Crippen LogP contribution in [0.3, 0.4) is 0 Å². The number of carboxylic acid groups (broad SMARTS) is 1. The summed E-state index contributed by atoms with van der Waals surface area (Å²) in [4.78, 5) is 11.2. The van der Waals surface area contributed by atoms with Crippen LogP contribution >= 0.6 is 0 Å². The van der Waals surface area contributed by atoms with Crippen LogP contribution in [0.5, 0.6) is 5.75 Å². The summed E-state index contributed by atoms with van der Waals surface area (Å²) in [6.07, 6.45) is 2.15. The van der Waals surface area contributed by atoms with Gasteiger partial charge < -0.3 is 9.84 Å². The number of ether oxygens (including phenoxy) is 1. The molecule has 0 fully saturated rings. The van der Waals surface area contributed by atoms with Crippen molar-refractivity contribution < 1.29 is 23.1 Å². The van der Waals surface area contributed by atoms with Crippen molar-refractivity contribution in [1.82, 2.24) is 0 Å². The maximum Gasteiger partial charge on any atom is 0.335 e. The lowest BCUT2D eigenvalue weighted by atomic mass is 10.1. The van der Waals surface area contributed by atoms with Gasteiger partial charge in [-0.1, -0.05) is 35.9 Å². The molecule has 0 bridgehead atoms. The molecule has 2 aromatic carbocycles. The molecule has 0 aliphatic rings. The lowest BCUT2D eigenvalue weighted by molar-refractivity contribution is 0.0696. The van der Waals surface area contributed by atoms with Crippen molar-refractivity contribution in [2.24, 2.45) is 0 Å². The number of carbonyl (C=O) groups is 1. The third-order valence-corrected chi connectivity index (χ3v) is 4.73. The summed E-state index contributed by atoms with van der Waals surface area (Å²) in [5, 5.41) is 9.14. The van der Waals surface area contributed by atoms with Crippen molar-refractivity contribution in [3.05, 3.63) is 64.7 Å². The van der Waals surface area contributed by atoms with Crippen LogP contribution < -0.4 is 4.74 Å². The first-order valence-corrected chi connectivity index (χ1v) is 10.0. The van der Waals surface area contributed by atoms with Gasteiger partial charge in [-0.3, -0.25) is 0 Å². The van der Waals surface area contributed by atoms with Gasteiger partial charge in [-0.05, 0) is 36.6 Å². The second kappa shape index (κ2) is 8.16. The second-order valence-electron chi connectivity index (χ2n) is 6.10. The van der Waals surface area contributed by atoms with Crippen molar-refractivity contribution in [1.29, 1.82) is 0 Å². The number of aryl methyl sites for hydroxylation is 2. The van der Waals surface area contributed by atoms with Crippen LogP contribution in [-0.4, -0.2) is 38.1 Å². The first kappa shape index (κ1) is 19.0. The molecule has 0 saturated heterocycles. The number of hydrogen-bond acceptors (Lipinski definition) is 4. The predicted octanol–water partition coefficient (Wildman–Crippen LogP) is 2.90. The highest BCUT2D eigenvalue weighted by Crippen LogP contribution is 2.22. The van der Waals surface area contributed by atoms with E-state index >= 15 is 0 Å². The van der Waals surface area contributed by atoms with Crippen LogP contribution in [0.15, 0.2) is 42.5 Å². The largest absolute Gasteiger partial charge is 0.493 e. The molecule has 0 aliphatic carbocycles. The quantitative estimate of drug-likeness (QED) is 0.781. The number of carboxylic acids is 1. The Morgan fingerprint density at radius 3 is 2.52 bits per heavy atom. The SMILES string of the molecule is Cc1cccc(CCOc2cc(C(=O)O)ccc2CCS(C)(=O)=O)c1. The van der Waals surface area contributed by atoms with Gasteiger partial charge in [-0.15, -0.1) is 0 Å². The zero-order valence-electron chi connectivity index (χ0n) is 14.4. The summed E-state index contributed by atoms with van der Waals surface area (Å²) >= 11 is 0. The lowest BCUT2D eigenvalue weighted by Gasteiger charge is -2.12. The molecule has 0 saturated carbocycles. The van der Waals surface area contributed by atoms with E-state index in [2.05, 4.69) is 6.07 Å². The van der Waals surface area contributed by atoms with E-state index in [4.69, 9.17) is 9.84 Å². The first-order valence-electron chi connectivity index (χ1n) is 7.97. The molecule has 5 nitrogen and oxygen atoms in total.